The minimum atomic E-state index is -0.530. The standard InChI is InChI=1S/C11H13N7O2S/c12-9-8(18(19)20)10(15-7-14-9)16-2-4-17(5-3-16)11-13-1-6-21-11/h1,6-7H,2-5H2,(H2,12,14,15). The maximum Gasteiger partial charge on any atom is 0.353 e. The third kappa shape index (κ3) is 2.57. The molecule has 3 rings (SSSR count). The van der Waals surface area contributed by atoms with E-state index in [1.165, 1.54) is 6.33 Å². The number of nitrogens with zero attached hydrogens (tertiary/aromatic N) is 6. The molecule has 0 aromatic carbocycles. The van der Waals surface area contributed by atoms with Crippen molar-refractivity contribution in [3.63, 3.8) is 0 Å². The van der Waals surface area contributed by atoms with Gasteiger partial charge in [0.2, 0.25) is 11.6 Å². The van der Waals surface area contributed by atoms with Gasteiger partial charge in [-0.15, -0.1) is 11.3 Å². The first-order chi connectivity index (χ1) is 10.2. The van der Waals surface area contributed by atoms with Gasteiger partial charge in [-0.05, 0) is 0 Å². The molecule has 0 saturated carbocycles. The predicted octanol–water partition coefficient (Wildman–Crippen LogP) is 0.750. The highest BCUT2D eigenvalue weighted by Crippen LogP contribution is 2.30. The Bertz CT molecular complexity index is 640. The molecule has 0 aliphatic carbocycles. The van der Waals surface area contributed by atoms with Gasteiger partial charge in [0, 0.05) is 37.8 Å². The molecular formula is C11H13N7O2S. The summed E-state index contributed by atoms with van der Waals surface area (Å²) in [6.07, 6.45) is 3.02. The van der Waals surface area contributed by atoms with Crippen LogP contribution in [0.25, 0.3) is 0 Å². The number of nitrogens with two attached hydrogens (primary N) is 1. The molecule has 0 amide bonds. The van der Waals surface area contributed by atoms with Gasteiger partial charge < -0.3 is 15.5 Å². The first kappa shape index (κ1) is 13.5. The van der Waals surface area contributed by atoms with Crippen LogP contribution in [0.3, 0.4) is 0 Å². The van der Waals surface area contributed by atoms with E-state index in [0.29, 0.717) is 13.1 Å². The zero-order chi connectivity index (χ0) is 14.8. The van der Waals surface area contributed by atoms with Crippen molar-refractivity contribution in [3.05, 3.63) is 28.0 Å². The topological polar surface area (TPSA) is 114 Å². The fourth-order valence-electron chi connectivity index (χ4n) is 2.27. The zero-order valence-corrected chi connectivity index (χ0v) is 11.9. The highest BCUT2D eigenvalue weighted by molar-refractivity contribution is 7.13. The number of rotatable bonds is 3. The fraction of sp³-hybridized carbons (Fsp3) is 0.364. The summed E-state index contributed by atoms with van der Waals surface area (Å²) in [6.45, 7) is 2.71. The van der Waals surface area contributed by atoms with Crippen LogP contribution in [0.15, 0.2) is 17.9 Å². The number of nitro groups is 1. The average Bonchev–Trinajstić information content (AvgIpc) is 3.01. The summed E-state index contributed by atoms with van der Waals surface area (Å²) in [4.78, 5) is 26.6. The van der Waals surface area contributed by atoms with Crippen molar-refractivity contribution in [2.24, 2.45) is 0 Å². The number of anilines is 3. The average molecular weight is 307 g/mol. The van der Waals surface area contributed by atoms with E-state index in [0.717, 1.165) is 18.2 Å². The minimum Gasteiger partial charge on any atom is -0.378 e. The quantitative estimate of drug-likeness (QED) is 0.652. The first-order valence-electron chi connectivity index (χ1n) is 6.31. The van der Waals surface area contributed by atoms with Gasteiger partial charge in [0.05, 0.1) is 4.92 Å². The van der Waals surface area contributed by atoms with Crippen LogP contribution in [0.1, 0.15) is 0 Å². The smallest absolute Gasteiger partial charge is 0.353 e. The summed E-state index contributed by atoms with van der Waals surface area (Å²) < 4.78 is 0. The molecule has 110 valence electrons. The molecule has 1 aliphatic heterocycles. The van der Waals surface area contributed by atoms with Gasteiger partial charge in [-0.3, -0.25) is 10.1 Å². The molecule has 9 nitrogen and oxygen atoms in total. The normalized spacial score (nSPS) is 15.2. The molecule has 1 aliphatic rings. The molecule has 0 radical (unpaired) electrons. The molecule has 2 aromatic rings. The molecule has 0 atom stereocenters. The lowest BCUT2D eigenvalue weighted by Gasteiger charge is -2.34. The molecule has 0 unspecified atom stereocenters. The van der Waals surface area contributed by atoms with E-state index in [1.54, 1.807) is 17.5 Å². The molecular weight excluding hydrogens is 294 g/mol. The fourth-order valence-corrected chi connectivity index (χ4v) is 2.97. The molecule has 10 heteroatoms. The number of aromatic nitrogens is 3. The van der Waals surface area contributed by atoms with E-state index in [1.807, 2.05) is 10.3 Å². The van der Waals surface area contributed by atoms with Gasteiger partial charge in [-0.25, -0.2) is 15.0 Å². The predicted molar refractivity (Wildman–Crippen MR) is 79.6 cm³/mol. The Balaban J connectivity index is 1.78. The molecule has 1 saturated heterocycles. The number of hydrogen-bond acceptors (Lipinski definition) is 9. The third-order valence-electron chi connectivity index (χ3n) is 3.28. The van der Waals surface area contributed by atoms with Gasteiger partial charge in [0.15, 0.2) is 5.13 Å². The zero-order valence-electron chi connectivity index (χ0n) is 11.0. The molecule has 2 N–H and O–H groups in total. The second-order valence-electron chi connectivity index (χ2n) is 4.48. The van der Waals surface area contributed by atoms with Crippen molar-refractivity contribution >= 4 is 33.8 Å². The first-order valence-corrected chi connectivity index (χ1v) is 7.19. The lowest BCUT2D eigenvalue weighted by atomic mass is 10.3. The van der Waals surface area contributed by atoms with Crippen LogP contribution < -0.4 is 15.5 Å². The van der Waals surface area contributed by atoms with Crippen molar-refractivity contribution in [1.82, 2.24) is 15.0 Å². The highest BCUT2D eigenvalue weighted by atomic mass is 32.1. The van der Waals surface area contributed by atoms with Crippen molar-refractivity contribution in [2.75, 3.05) is 41.7 Å². The Hall–Kier alpha value is -2.49. The second-order valence-corrected chi connectivity index (χ2v) is 5.35. The van der Waals surface area contributed by atoms with E-state index in [2.05, 4.69) is 19.9 Å². The van der Waals surface area contributed by atoms with Gasteiger partial charge in [-0.1, -0.05) is 0 Å². The van der Waals surface area contributed by atoms with Crippen molar-refractivity contribution in [1.29, 1.82) is 0 Å². The number of piperazine rings is 1. The summed E-state index contributed by atoms with van der Waals surface area (Å²) >= 11 is 1.58. The minimum absolute atomic E-state index is 0.104. The van der Waals surface area contributed by atoms with Crippen molar-refractivity contribution in [3.8, 4) is 0 Å². The Labute approximate surface area is 124 Å². The lowest BCUT2D eigenvalue weighted by Crippen LogP contribution is -2.47. The molecule has 1 fully saturated rings. The van der Waals surface area contributed by atoms with E-state index in [4.69, 9.17) is 5.73 Å². The van der Waals surface area contributed by atoms with Gasteiger partial charge in [0.25, 0.3) is 0 Å². The maximum atomic E-state index is 11.1. The van der Waals surface area contributed by atoms with Crippen LogP contribution in [0.5, 0.6) is 0 Å². The lowest BCUT2D eigenvalue weighted by molar-refractivity contribution is -0.383. The van der Waals surface area contributed by atoms with Crippen LogP contribution in [0, 0.1) is 10.1 Å². The molecule has 3 heterocycles. The Morgan fingerprint density at radius 3 is 2.52 bits per heavy atom. The van der Waals surface area contributed by atoms with E-state index < -0.39 is 4.92 Å². The Morgan fingerprint density at radius 2 is 1.90 bits per heavy atom. The van der Waals surface area contributed by atoms with Crippen LogP contribution >= 0.6 is 11.3 Å². The number of nitrogen functional groups attached to an aromatic ring is 1. The molecule has 2 aromatic heterocycles. The van der Waals surface area contributed by atoms with Crippen LogP contribution in [-0.4, -0.2) is 46.1 Å². The summed E-state index contributed by atoms with van der Waals surface area (Å²) in [5, 5.41) is 14.0. The molecule has 0 bridgehead atoms. The Morgan fingerprint density at radius 1 is 1.19 bits per heavy atom. The second kappa shape index (κ2) is 5.48. The summed E-state index contributed by atoms with van der Waals surface area (Å²) in [7, 11) is 0. The van der Waals surface area contributed by atoms with E-state index in [-0.39, 0.29) is 17.3 Å². The summed E-state index contributed by atoms with van der Waals surface area (Å²) in [6, 6.07) is 0. The van der Waals surface area contributed by atoms with Gasteiger partial charge in [-0.2, -0.15) is 0 Å². The largest absolute Gasteiger partial charge is 0.378 e. The third-order valence-corrected chi connectivity index (χ3v) is 4.12. The van der Waals surface area contributed by atoms with E-state index in [9.17, 15) is 10.1 Å². The summed E-state index contributed by atoms with van der Waals surface area (Å²) in [5.41, 5.74) is 5.37. The monoisotopic (exact) mass is 307 g/mol. The molecule has 21 heavy (non-hydrogen) atoms. The van der Waals surface area contributed by atoms with Crippen LogP contribution in [-0.2, 0) is 0 Å². The maximum absolute atomic E-state index is 11.1. The van der Waals surface area contributed by atoms with Crippen LogP contribution in [0.4, 0.5) is 22.5 Å². The number of hydrogen-bond donors (Lipinski definition) is 1. The van der Waals surface area contributed by atoms with Crippen molar-refractivity contribution in [2.45, 2.75) is 0 Å². The van der Waals surface area contributed by atoms with E-state index >= 15 is 0 Å². The summed E-state index contributed by atoms with van der Waals surface area (Å²) in [5.74, 6) is 0.179. The molecule has 0 spiro atoms. The van der Waals surface area contributed by atoms with Gasteiger partial charge >= 0.3 is 5.69 Å². The van der Waals surface area contributed by atoms with Crippen LogP contribution in [0.2, 0.25) is 0 Å². The SMILES string of the molecule is Nc1ncnc(N2CCN(c3nccs3)CC2)c1[N+](=O)[O-]. The Kier molecular flexibility index (Phi) is 3.52. The highest BCUT2D eigenvalue weighted by Gasteiger charge is 2.28. The van der Waals surface area contributed by atoms with Crippen molar-refractivity contribution < 1.29 is 4.92 Å². The number of thiazole rings is 1. The van der Waals surface area contributed by atoms with Gasteiger partial charge in [0.1, 0.15) is 6.33 Å².